The van der Waals surface area contributed by atoms with Gasteiger partial charge in [0.15, 0.2) is 5.96 Å². The molecule has 0 atom stereocenters. The number of nitrogens with one attached hydrogen (secondary N) is 1. The van der Waals surface area contributed by atoms with Gasteiger partial charge in [0.25, 0.3) is 0 Å². The summed E-state index contributed by atoms with van der Waals surface area (Å²) in [6.07, 6.45) is 11.6. The number of nitrogens with two attached hydrogens (primary N) is 1. The summed E-state index contributed by atoms with van der Waals surface area (Å²) in [5.41, 5.74) is 6.03. The molecule has 0 unspecified atom stereocenters. The molecule has 2 amide bonds. The maximum atomic E-state index is 12.4. The van der Waals surface area contributed by atoms with Gasteiger partial charge < -0.3 is 20.9 Å². The molecule has 2 fully saturated rings. The van der Waals surface area contributed by atoms with Crippen LogP contribution in [-0.4, -0.2) is 66.3 Å². The molecule has 180 valence electrons. The summed E-state index contributed by atoms with van der Waals surface area (Å²) < 4.78 is 0. The van der Waals surface area contributed by atoms with Crippen molar-refractivity contribution in [2.45, 2.75) is 90.5 Å². The molecule has 0 bridgehead atoms. The second-order valence-corrected chi connectivity index (χ2v) is 9.27. The van der Waals surface area contributed by atoms with Crippen molar-refractivity contribution in [2.75, 3.05) is 32.7 Å². The van der Waals surface area contributed by atoms with Gasteiger partial charge in [-0.15, -0.1) is 24.0 Å². The molecule has 0 radical (unpaired) electrons. The number of nitrogens with zero attached hydrogens (tertiary/aromatic N) is 3. The topological polar surface area (TPSA) is 91.0 Å². The van der Waals surface area contributed by atoms with Crippen LogP contribution in [0.1, 0.15) is 84.5 Å². The number of unbranched alkanes of at least 4 members (excludes halogenated alkanes) is 2. The first-order valence-corrected chi connectivity index (χ1v) is 12.1. The van der Waals surface area contributed by atoms with Gasteiger partial charge in [0.1, 0.15) is 0 Å². The summed E-state index contributed by atoms with van der Waals surface area (Å²) in [4.78, 5) is 32.8. The first-order chi connectivity index (χ1) is 14.5. The highest BCUT2D eigenvalue weighted by Crippen LogP contribution is 2.17. The highest BCUT2D eigenvalue weighted by molar-refractivity contribution is 14.0. The number of amides is 2. The largest absolute Gasteiger partial charge is 0.370 e. The summed E-state index contributed by atoms with van der Waals surface area (Å²) in [7, 11) is 0. The van der Waals surface area contributed by atoms with E-state index in [2.05, 4.69) is 24.2 Å². The van der Waals surface area contributed by atoms with Crippen molar-refractivity contribution >= 4 is 41.8 Å². The molecule has 1 aliphatic heterocycles. The monoisotopic (exact) mass is 549 g/mol. The molecule has 8 heteroatoms. The van der Waals surface area contributed by atoms with Gasteiger partial charge in [0.05, 0.1) is 0 Å². The quantitative estimate of drug-likeness (QED) is 0.152. The summed E-state index contributed by atoms with van der Waals surface area (Å²) in [6, 6.07) is 0.481. The van der Waals surface area contributed by atoms with Gasteiger partial charge in [-0.3, -0.25) is 14.6 Å². The molecule has 0 spiro atoms. The van der Waals surface area contributed by atoms with E-state index < -0.39 is 0 Å². The van der Waals surface area contributed by atoms with E-state index in [1.807, 2.05) is 9.80 Å². The first-order valence-electron chi connectivity index (χ1n) is 12.1. The second kappa shape index (κ2) is 15.7. The van der Waals surface area contributed by atoms with Crippen LogP contribution in [0.3, 0.4) is 0 Å². The van der Waals surface area contributed by atoms with Crippen molar-refractivity contribution < 1.29 is 9.59 Å². The maximum absolute atomic E-state index is 12.4. The van der Waals surface area contributed by atoms with Gasteiger partial charge in [0, 0.05) is 51.6 Å². The molecule has 1 heterocycles. The van der Waals surface area contributed by atoms with Crippen molar-refractivity contribution in [3.05, 3.63) is 0 Å². The lowest BCUT2D eigenvalue weighted by Crippen LogP contribution is -2.50. The molecule has 7 nitrogen and oxygen atoms in total. The van der Waals surface area contributed by atoms with Gasteiger partial charge in [-0.25, -0.2) is 0 Å². The molecule has 0 aromatic heterocycles. The Labute approximate surface area is 206 Å². The molecular formula is C23H44IN5O2. The predicted molar refractivity (Wildman–Crippen MR) is 138 cm³/mol. The summed E-state index contributed by atoms with van der Waals surface area (Å²) in [6.45, 7) is 7.50. The highest BCUT2D eigenvalue weighted by Gasteiger charge is 2.23. The lowest BCUT2D eigenvalue weighted by molar-refractivity contribution is -0.140. The van der Waals surface area contributed by atoms with Crippen molar-refractivity contribution in [1.82, 2.24) is 15.1 Å². The minimum atomic E-state index is 0. The Balaban J connectivity index is 0.00000480. The number of halogens is 1. The average molecular weight is 550 g/mol. The molecule has 1 saturated heterocycles. The number of hydrogen-bond donors (Lipinski definition) is 2. The van der Waals surface area contributed by atoms with Crippen LogP contribution in [0.25, 0.3) is 0 Å². The molecule has 1 saturated carbocycles. The molecule has 31 heavy (non-hydrogen) atoms. The van der Waals surface area contributed by atoms with E-state index in [1.165, 1.54) is 38.5 Å². The SMILES string of the molecule is CC(C)CC(=O)N1CCN(C(=O)CCCCCN=C(N)NC2CCCCCC2)CC1.I. The fourth-order valence-corrected chi connectivity index (χ4v) is 4.28. The van der Waals surface area contributed by atoms with E-state index in [-0.39, 0.29) is 35.8 Å². The van der Waals surface area contributed by atoms with Crippen LogP contribution >= 0.6 is 24.0 Å². The third-order valence-corrected chi connectivity index (χ3v) is 6.11. The maximum Gasteiger partial charge on any atom is 0.222 e. The van der Waals surface area contributed by atoms with Gasteiger partial charge in [0.2, 0.25) is 11.8 Å². The third kappa shape index (κ3) is 11.4. The van der Waals surface area contributed by atoms with Crippen LogP contribution in [0.15, 0.2) is 4.99 Å². The van der Waals surface area contributed by atoms with Crippen molar-refractivity contribution in [3.63, 3.8) is 0 Å². The molecule has 0 aromatic carbocycles. The third-order valence-electron chi connectivity index (χ3n) is 6.11. The lowest BCUT2D eigenvalue weighted by atomic mass is 10.1. The Morgan fingerprint density at radius 1 is 0.935 bits per heavy atom. The molecule has 0 aromatic rings. The molecular weight excluding hydrogens is 505 g/mol. The van der Waals surface area contributed by atoms with E-state index >= 15 is 0 Å². The molecule has 2 aliphatic rings. The van der Waals surface area contributed by atoms with Crippen LogP contribution in [0.4, 0.5) is 0 Å². The Hall–Kier alpha value is -1.06. The van der Waals surface area contributed by atoms with E-state index in [1.54, 1.807) is 0 Å². The number of aliphatic imine (C=N–C) groups is 1. The Morgan fingerprint density at radius 3 is 2.10 bits per heavy atom. The van der Waals surface area contributed by atoms with E-state index in [9.17, 15) is 9.59 Å². The van der Waals surface area contributed by atoms with Crippen LogP contribution < -0.4 is 11.1 Å². The van der Waals surface area contributed by atoms with Crippen molar-refractivity contribution in [1.29, 1.82) is 0 Å². The standard InChI is InChI=1S/C23H43N5O2.HI/c1-19(2)18-22(30)28-16-14-27(15-17-28)21(29)12-8-5-9-13-25-23(24)26-20-10-6-3-4-7-11-20;/h19-20H,3-18H2,1-2H3,(H3,24,25,26);1H. The zero-order chi connectivity index (χ0) is 21.8. The minimum absolute atomic E-state index is 0. The van der Waals surface area contributed by atoms with Gasteiger partial charge in [-0.1, -0.05) is 46.0 Å². The molecule has 2 rings (SSSR count). The first kappa shape index (κ1) is 28.0. The normalized spacial score (nSPS) is 18.5. The van der Waals surface area contributed by atoms with Crippen molar-refractivity contribution in [2.24, 2.45) is 16.6 Å². The minimum Gasteiger partial charge on any atom is -0.370 e. The zero-order valence-corrected chi connectivity index (χ0v) is 21.9. The average Bonchev–Trinajstić information content (AvgIpc) is 2.98. The number of carbonyl (C=O) groups excluding carboxylic acids is 2. The fraction of sp³-hybridized carbons (Fsp3) is 0.870. The Bertz CT molecular complexity index is 554. The van der Waals surface area contributed by atoms with Crippen LogP contribution in [0.2, 0.25) is 0 Å². The second-order valence-electron chi connectivity index (χ2n) is 9.27. The number of carbonyl (C=O) groups is 2. The zero-order valence-electron chi connectivity index (χ0n) is 19.6. The molecule has 3 N–H and O–H groups in total. The van der Waals surface area contributed by atoms with E-state index in [0.29, 0.717) is 56.9 Å². The fourth-order valence-electron chi connectivity index (χ4n) is 4.28. The Morgan fingerprint density at radius 2 is 1.52 bits per heavy atom. The number of piperazine rings is 1. The summed E-state index contributed by atoms with van der Waals surface area (Å²) >= 11 is 0. The number of rotatable bonds is 9. The predicted octanol–water partition coefficient (Wildman–Crippen LogP) is 3.51. The smallest absolute Gasteiger partial charge is 0.222 e. The molecule has 1 aliphatic carbocycles. The van der Waals surface area contributed by atoms with E-state index in [4.69, 9.17) is 5.73 Å². The van der Waals surface area contributed by atoms with Gasteiger partial charge >= 0.3 is 0 Å². The number of guanidine groups is 1. The summed E-state index contributed by atoms with van der Waals surface area (Å²) in [5.74, 6) is 1.38. The van der Waals surface area contributed by atoms with E-state index in [0.717, 1.165) is 25.8 Å². The van der Waals surface area contributed by atoms with Gasteiger partial charge in [-0.05, 0) is 31.6 Å². The lowest BCUT2D eigenvalue weighted by Gasteiger charge is -2.35. The number of hydrogen-bond acceptors (Lipinski definition) is 3. The van der Waals surface area contributed by atoms with Gasteiger partial charge in [-0.2, -0.15) is 0 Å². The summed E-state index contributed by atoms with van der Waals surface area (Å²) in [5, 5.41) is 3.37. The van der Waals surface area contributed by atoms with Crippen LogP contribution in [0, 0.1) is 5.92 Å². The van der Waals surface area contributed by atoms with Crippen molar-refractivity contribution in [3.8, 4) is 0 Å². The Kier molecular flexibility index (Phi) is 14.2. The highest BCUT2D eigenvalue weighted by atomic mass is 127. The van der Waals surface area contributed by atoms with Crippen LogP contribution in [-0.2, 0) is 9.59 Å². The van der Waals surface area contributed by atoms with Crippen LogP contribution in [0.5, 0.6) is 0 Å².